The first-order chi connectivity index (χ1) is 10.3. The maximum Gasteiger partial charge on any atom is 0.146 e. The van der Waals surface area contributed by atoms with Crippen molar-refractivity contribution in [2.24, 2.45) is 0 Å². The fraction of sp³-hybridized carbons (Fsp3) is 0.353. The smallest absolute Gasteiger partial charge is 0.146 e. The molecule has 0 unspecified atom stereocenters. The Hall–Kier alpha value is -2.07. The quantitative estimate of drug-likeness (QED) is 0.915. The molecular weight excluding hydrogens is 262 g/mol. The molecule has 3 rings (SSSR count). The van der Waals surface area contributed by atoms with E-state index in [9.17, 15) is 0 Å². The van der Waals surface area contributed by atoms with Crippen molar-refractivity contribution in [3.05, 3.63) is 53.9 Å². The fourth-order valence-electron chi connectivity index (χ4n) is 2.58. The zero-order valence-electron chi connectivity index (χ0n) is 12.4. The summed E-state index contributed by atoms with van der Waals surface area (Å²) in [6.07, 6.45) is 2.81. The van der Waals surface area contributed by atoms with Gasteiger partial charge in [0.25, 0.3) is 0 Å². The molecule has 1 aromatic heterocycles. The fourth-order valence-corrected chi connectivity index (χ4v) is 2.58. The number of hydrogen-bond acceptors (Lipinski definition) is 4. The van der Waals surface area contributed by atoms with Gasteiger partial charge in [-0.3, -0.25) is 4.98 Å². The molecule has 4 heteroatoms. The Kier molecular flexibility index (Phi) is 4.36. The molecule has 1 aliphatic rings. The van der Waals surface area contributed by atoms with E-state index in [4.69, 9.17) is 4.74 Å². The lowest BCUT2D eigenvalue weighted by Gasteiger charge is -2.24. The Labute approximate surface area is 125 Å². The zero-order valence-corrected chi connectivity index (χ0v) is 12.4. The van der Waals surface area contributed by atoms with Gasteiger partial charge in [0.05, 0.1) is 5.69 Å². The second-order valence-corrected chi connectivity index (χ2v) is 5.38. The number of likely N-dealkylation sites (N-methyl/N-ethyl adjacent to an activating group) is 1. The van der Waals surface area contributed by atoms with Crippen molar-refractivity contribution in [3.63, 3.8) is 0 Å². The number of fused-ring (bicyclic) bond motifs is 1. The van der Waals surface area contributed by atoms with Gasteiger partial charge in [-0.25, -0.2) is 0 Å². The molecule has 0 aliphatic carbocycles. The average molecular weight is 283 g/mol. The number of benzene rings is 1. The Bertz CT molecular complexity index is 586. The Morgan fingerprint density at radius 3 is 3.05 bits per heavy atom. The number of anilines is 1. The second kappa shape index (κ2) is 6.59. The minimum Gasteiger partial charge on any atom is -0.489 e. The van der Waals surface area contributed by atoms with Crippen LogP contribution < -0.4 is 10.1 Å². The molecule has 0 spiro atoms. The van der Waals surface area contributed by atoms with Crippen LogP contribution in [0.5, 0.6) is 5.75 Å². The van der Waals surface area contributed by atoms with Crippen LogP contribution >= 0.6 is 0 Å². The van der Waals surface area contributed by atoms with Crippen LogP contribution in [0, 0.1) is 0 Å². The molecule has 0 saturated carbocycles. The summed E-state index contributed by atoms with van der Waals surface area (Å²) in [6.45, 7) is 3.49. The van der Waals surface area contributed by atoms with E-state index in [-0.39, 0.29) is 0 Å². The van der Waals surface area contributed by atoms with E-state index in [2.05, 4.69) is 46.5 Å². The molecule has 1 N–H and O–H groups in total. The van der Waals surface area contributed by atoms with Crippen molar-refractivity contribution in [3.8, 4) is 5.75 Å². The SMILES string of the molecule is CN(CCc1ccccn1)Cc1cccc2c1OCCN2. The summed E-state index contributed by atoms with van der Waals surface area (Å²) in [7, 11) is 2.14. The minimum atomic E-state index is 0.738. The number of nitrogens with one attached hydrogen (secondary N) is 1. The number of rotatable bonds is 5. The van der Waals surface area contributed by atoms with E-state index >= 15 is 0 Å². The van der Waals surface area contributed by atoms with Gasteiger partial charge >= 0.3 is 0 Å². The largest absolute Gasteiger partial charge is 0.489 e. The van der Waals surface area contributed by atoms with Crippen molar-refractivity contribution in [2.75, 3.05) is 32.1 Å². The van der Waals surface area contributed by atoms with Gasteiger partial charge in [-0.2, -0.15) is 0 Å². The summed E-state index contributed by atoms with van der Waals surface area (Å²) < 4.78 is 5.82. The van der Waals surface area contributed by atoms with Gasteiger partial charge in [0, 0.05) is 43.5 Å². The molecule has 0 atom stereocenters. The van der Waals surface area contributed by atoms with Crippen LogP contribution in [0.4, 0.5) is 5.69 Å². The van der Waals surface area contributed by atoms with Gasteiger partial charge < -0.3 is 15.0 Å². The summed E-state index contributed by atoms with van der Waals surface area (Å²) in [4.78, 5) is 6.67. The third kappa shape index (κ3) is 3.52. The standard InChI is InChI=1S/C17H21N3O/c1-20(11-8-15-6-2-3-9-18-15)13-14-5-4-7-16-17(14)21-12-10-19-16/h2-7,9,19H,8,10-13H2,1H3. The van der Waals surface area contributed by atoms with E-state index in [1.54, 1.807) is 0 Å². The summed E-state index contributed by atoms with van der Waals surface area (Å²) in [5, 5.41) is 3.38. The topological polar surface area (TPSA) is 37.4 Å². The van der Waals surface area contributed by atoms with Crippen molar-refractivity contribution in [1.82, 2.24) is 9.88 Å². The molecule has 110 valence electrons. The lowest BCUT2D eigenvalue weighted by atomic mass is 10.1. The van der Waals surface area contributed by atoms with E-state index in [0.717, 1.165) is 49.8 Å². The summed E-state index contributed by atoms with van der Waals surface area (Å²) in [5.41, 5.74) is 3.48. The minimum absolute atomic E-state index is 0.738. The van der Waals surface area contributed by atoms with Crippen LogP contribution in [-0.2, 0) is 13.0 Å². The number of pyridine rings is 1. The van der Waals surface area contributed by atoms with Gasteiger partial charge in [0.1, 0.15) is 12.4 Å². The monoisotopic (exact) mass is 283 g/mol. The normalized spacial score (nSPS) is 13.4. The number of ether oxygens (including phenoxy) is 1. The maximum atomic E-state index is 5.82. The highest BCUT2D eigenvalue weighted by Crippen LogP contribution is 2.31. The van der Waals surface area contributed by atoms with E-state index in [0.29, 0.717) is 0 Å². The van der Waals surface area contributed by atoms with E-state index in [1.165, 1.54) is 5.56 Å². The Balaban J connectivity index is 1.61. The lowest BCUT2D eigenvalue weighted by Crippen LogP contribution is -2.23. The van der Waals surface area contributed by atoms with Crippen molar-refractivity contribution >= 4 is 5.69 Å². The maximum absolute atomic E-state index is 5.82. The molecule has 2 heterocycles. The number of hydrogen-bond donors (Lipinski definition) is 1. The predicted molar refractivity (Wildman–Crippen MR) is 84.7 cm³/mol. The molecule has 0 fully saturated rings. The first-order valence-electron chi connectivity index (χ1n) is 7.40. The van der Waals surface area contributed by atoms with E-state index < -0.39 is 0 Å². The number of para-hydroxylation sites is 1. The van der Waals surface area contributed by atoms with Gasteiger partial charge in [0.2, 0.25) is 0 Å². The Morgan fingerprint density at radius 1 is 1.24 bits per heavy atom. The average Bonchev–Trinajstić information content (AvgIpc) is 2.54. The van der Waals surface area contributed by atoms with Crippen LogP contribution in [0.2, 0.25) is 0 Å². The first kappa shape index (κ1) is 13.9. The van der Waals surface area contributed by atoms with Crippen LogP contribution in [0.3, 0.4) is 0 Å². The van der Waals surface area contributed by atoms with Gasteiger partial charge in [0.15, 0.2) is 0 Å². The van der Waals surface area contributed by atoms with E-state index in [1.807, 2.05) is 18.3 Å². The molecule has 4 nitrogen and oxygen atoms in total. The van der Waals surface area contributed by atoms with Crippen LogP contribution in [-0.4, -0.2) is 36.6 Å². The van der Waals surface area contributed by atoms with Crippen LogP contribution in [0.15, 0.2) is 42.6 Å². The third-order valence-electron chi connectivity index (χ3n) is 3.68. The molecule has 0 radical (unpaired) electrons. The molecule has 1 aliphatic heterocycles. The number of nitrogens with zero attached hydrogens (tertiary/aromatic N) is 2. The van der Waals surface area contributed by atoms with Gasteiger partial charge in [-0.05, 0) is 25.2 Å². The second-order valence-electron chi connectivity index (χ2n) is 5.38. The van der Waals surface area contributed by atoms with Gasteiger partial charge in [-0.1, -0.05) is 18.2 Å². The third-order valence-corrected chi connectivity index (χ3v) is 3.68. The molecule has 0 saturated heterocycles. The van der Waals surface area contributed by atoms with Gasteiger partial charge in [-0.15, -0.1) is 0 Å². The van der Waals surface area contributed by atoms with Crippen molar-refractivity contribution < 1.29 is 4.74 Å². The Morgan fingerprint density at radius 2 is 2.19 bits per heavy atom. The van der Waals surface area contributed by atoms with Crippen molar-refractivity contribution in [1.29, 1.82) is 0 Å². The lowest BCUT2D eigenvalue weighted by molar-refractivity contribution is 0.296. The number of aromatic nitrogens is 1. The molecule has 0 bridgehead atoms. The first-order valence-corrected chi connectivity index (χ1v) is 7.40. The van der Waals surface area contributed by atoms with Crippen LogP contribution in [0.25, 0.3) is 0 Å². The summed E-state index contributed by atoms with van der Waals surface area (Å²) in [6, 6.07) is 12.4. The predicted octanol–water partition coefficient (Wildman–Crippen LogP) is 2.56. The van der Waals surface area contributed by atoms with Crippen LogP contribution in [0.1, 0.15) is 11.3 Å². The summed E-state index contributed by atoms with van der Waals surface area (Å²) in [5.74, 6) is 1.01. The molecule has 0 amide bonds. The molecule has 21 heavy (non-hydrogen) atoms. The molecule has 1 aromatic carbocycles. The highest BCUT2D eigenvalue weighted by molar-refractivity contribution is 5.61. The zero-order chi connectivity index (χ0) is 14.5. The highest BCUT2D eigenvalue weighted by Gasteiger charge is 2.14. The van der Waals surface area contributed by atoms with Crippen molar-refractivity contribution in [2.45, 2.75) is 13.0 Å². The molecular formula is C17H21N3O. The highest BCUT2D eigenvalue weighted by atomic mass is 16.5. The molecule has 2 aromatic rings. The summed E-state index contributed by atoms with van der Waals surface area (Å²) >= 11 is 0.